The number of hydrogen-bond acceptors (Lipinski definition) is 6. The maximum absolute atomic E-state index is 5.30. The Balaban J connectivity index is 1.78. The zero-order chi connectivity index (χ0) is 14.8. The number of hydrogen-bond donors (Lipinski definition) is 1. The van der Waals surface area contributed by atoms with Crippen molar-refractivity contribution in [2.45, 2.75) is 44.5 Å². The monoisotopic (exact) mass is 310 g/mol. The van der Waals surface area contributed by atoms with Crippen molar-refractivity contribution in [2.24, 2.45) is 0 Å². The van der Waals surface area contributed by atoms with E-state index in [0.717, 1.165) is 31.4 Å². The first kappa shape index (κ1) is 15.2. The van der Waals surface area contributed by atoms with E-state index in [-0.39, 0.29) is 0 Å². The third-order valence-corrected chi connectivity index (χ3v) is 5.96. The lowest BCUT2D eigenvalue weighted by Crippen LogP contribution is -2.36. The van der Waals surface area contributed by atoms with Crippen LogP contribution in [0.25, 0.3) is 0 Å². The van der Waals surface area contributed by atoms with Crippen molar-refractivity contribution >= 4 is 16.5 Å². The van der Waals surface area contributed by atoms with E-state index < -0.39 is 0 Å². The molecule has 2 fully saturated rings. The Kier molecular flexibility index (Phi) is 4.78. The smallest absolute Gasteiger partial charge is 0.185 e. The van der Waals surface area contributed by atoms with Crippen molar-refractivity contribution in [2.75, 3.05) is 39.2 Å². The zero-order valence-electron chi connectivity index (χ0n) is 13.3. The second-order valence-corrected chi connectivity index (χ2v) is 7.18. The summed E-state index contributed by atoms with van der Waals surface area (Å²) in [6, 6.07) is 1.47. The van der Waals surface area contributed by atoms with E-state index in [2.05, 4.69) is 22.2 Å². The number of methoxy groups -OCH3 is 1. The molecule has 0 aliphatic carbocycles. The summed E-state index contributed by atoms with van der Waals surface area (Å²) in [5.74, 6) is 0. The maximum Gasteiger partial charge on any atom is 0.185 e. The van der Waals surface area contributed by atoms with Gasteiger partial charge in [-0.05, 0) is 33.4 Å². The van der Waals surface area contributed by atoms with Crippen molar-refractivity contribution in [1.29, 1.82) is 0 Å². The van der Waals surface area contributed by atoms with Gasteiger partial charge in [0, 0.05) is 43.7 Å². The van der Waals surface area contributed by atoms with Crippen LogP contribution in [0.5, 0.6) is 0 Å². The fourth-order valence-electron chi connectivity index (χ4n) is 3.54. The minimum atomic E-state index is 0.604. The Morgan fingerprint density at radius 2 is 2.14 bits per heavy atom. The molecule has 6 heteroatoms. The molecule has 0 radical (unpaired) electrons. The molecule has 5 nitrogen and oxygen atoms in total. The molecular weight excluding hydrogens is 284 g/mol. The number of aromatic nitrogens is 1. The first-order valence-corrected chi connectivity index (χ1v) is 8.63. The van der Waals surface area contributed by atoms with Crippen molar-refractivity contribution in [3.63, 3.8) is 0 Å². The van der Waals surface area contributed by atoms with Gasteiger partial charge in [-0.25, -0.2) is 4.98 Å². The molecule has 0 amide bonds. The topological polar surface area (TPSA) is 40.6 Å². The quantitative estimate of drug-likeness (QED) is 0.896. The van der Waals surface area contributed by atoms with Gasteiger partial charge in [0.2, 0.25) is 0 Å². The van der Waals surface area contributed by atoms with Crippen LogP contribution < -0.4 is 10.2 Å². The third kappa shape index (κ3) is 3.08. The summed E-state index contributed by atoms with van der Waals surface area (Å²) >= 11 is 1.82. The lowest BCUT2D eigenvalue weighted by Gasteiger charge is -2.25. The number of rotatable bonds is 5. The summed E-state index contributed by atoms with van der Waals surface area (Å²) in [6.45, 7) is 3.72. The van der Waals surface area contributed by atoms with E-state index in [9.17, 15) is 0 Å². The van der Waals surface area contributed by atoms with Crippen LogP contribution in [0.15, 0.2) is 0 Å². The molecule has 2 atom stereocenters. The van der Waals surface area contributed by atoms with E-state index >= 15 is 0 Å². The fourth-order valence-corrected chi connectivity index (χ4v) is 4.65. The molecule has 0 aromatic carbocycles. The normalized spacial score (nSPS) is 26.3. The molecule has 2 aliphatic rings. The number of thiazole rings is 1. The van der Waals surface area contributed by atoms with Gasteiger partial charge in [0.15, 0.2) is 5.13 Å². The molecule has 1 N–H and O–H groups in total. The van der Waals surface area contributed by atoms with Crippen LogP contribution in [0.3, 0.4) is 0 Å². The Morgan fingerprint density at radius 1 is 1.33 bits per heavy atom. The number of nitrogens with zero attached hydrogens (tertiary/aromatic N) is 3. The number of likely N-dealkylation sites (N-methyl/N-ethyl adjacent to an activating group) is 1. The molecule has 2 saturated heterocycles. The highest BCUT2D eigenvalue weighted by Crippen LogP contribution is 2.33. The van der Waals surface area contributed by atoms with Crippen LogP contribution >= 0.6 is 11.3 Å². The Labute approximate surface area is 131 Å². The van der Waals surface area contributed by atoms with Gasteiger partial charge >= 0.3 is 0 Å². The largest absolute Gasteiger partial charge is 0.378 e. The summed E-state index contributed by atoms with van der Waals surface area (Å²) in [4.78, 5) is 11.2. The summed E-state index contributed by atoms with van der Waals surface area (Å²) in [6.07, 6.45) is 3.96. The highest BCUT2D eigenvalue weighted by molar-refractivity contribution is 7.15. The fraction of sp³-hybridized carbons (Fsp3) is 0.800. The van der Waals surface area contributed by atoms with E-state index in [1.165, 1.54) is 29.3 Å². The summed E-state index contributed by atoms with van der Waals surface area (Å²) < 4.78 is 5.30. The van der Waals surface area contributed by atoms with Crippen molar-refractivity contribution in [3.05, 3.63) is 10.6 Å². The summed E-state index contributed by atoms with van der Waals surface area (Å²) in [7, 11) is 6.01. The molecule has 2 aliphatic heterocycles. The highest BCUT2D eigenvalue weighted by atomic mass is 32.1. The SMILES string of the molecule is CNCc1sc(N2CCC3CCC(C2)N3C)nc1COC. The maximum atomic E-state index is 5.30. The predicted octanol–water partition coefficient (Wildman–Crippen LogP) is 1.68. The molecule has 3 rings (SSSR count). The van der Waals surface area contributed by atoms with Gasteiger partial charge < -0.3 is 15.0 Å². The van der Waals surface area contributed by atoms with Crippen molar-refractivity contribution < 1.29 is 4.74 Å². The number of fused-ring (bicyclic) bond motifs is 2. The Morgan fingerprint density at radius 3 is 2.90 bits per heavy atom. The standard InChI is InChI=1S/C15H26N4OS/c1-16-8-14-13(10-20-3)17-15(21-14)19-7-6-11-4-5-12(9-19)18(11)2/h11-12,16H,4-10H2,1-3H3. The van der Waals surface area contributed by atoms with Gasteiger partial charge in [0.05, 0.1) is 12.3 Å². The first-order chi connectivity index (χ1) is 10.2. The van der Waals surface area contributed by atoms with Crippen LogP contribution in [0.4, 0.5) is 5.13 Å². The van der Waals surface area contributed by atoms with Gasteiger partial charge in [-0.3, -0.25) is 4.90 Å². The molecule has 0 saturated carbocycles. The van der Waals surface area contributed by atoms with Gasteiger partial charge in [0.1, 0.15) is 0 Å². The summed E-state index contributed by atoms with van der Waals surface area (Å²) in [5.41, 5.74) is 1.09. The van der Waals surface area contributed by atoms with Crippen LogP contribution in [0.2, 0.25) is 0 Å². The first-order valence-electron chi connectivity index (χ1n) is 7.82. The minimum absolute atomic E-state index is 0.604. The van der Waals surface area contributed by atoms with E-state index in [1.807, 2.05) is 18.4 Å². The minimum Gasteiger partial charge on any atom is -0.378 e. The zero-order valence-corrected chi connectivity index (χ0v) is 14.1. The Bertz CT molecular complexity index is 455. The van der Waals surface area contributed by atoms with Crippen LogP contribution in [-0.2, 0) is 17.9 Å². The predicted molar refractivity (Wildman–Crippen MR) is 87.0 cm³/mol. The van der Waals surface area contributed by atoms with Crippen LogP contribution in [-0.4, -0.2) is 56.3 Å². The Hall–Kier alpha value is -0.690. The average molecular weight is 310 g/mol. The molecule has 118 valence electrons. The highest BCUT2D eigenvalue weighted by Gasteiger charge is 2.35. The second kappa shape index (κ2) is 6.60. The van der Waals surface area contributed by atoms with Crippen LogP contribution in [0, 0.1) is 0 Å². The van der Waals surface area contributed by atoms with Crippen LogP contribution in [0.1, 0.15) is 29.8 Å². The molecule has 0 spiro atoms. The molecule has 2 unspecified atom stereocenters. The van der Waals surface area contributed by atoms with E-state index in [0.29, 0.717) is 12.6 Å². The van der Waals surface area contributed by atoms with Gasteiger partial charge in [-0.15, -0.1) is 11.3 Å². The van der Waals surface area contributed by atoms with Gasteiger partial charge in [-0.2, -0.15) is 0 Å². The van der Waals surface area contributed by atoms with E-state index in [4.69, 9.17) is 9.72 Å². The molecule has 2 bridgehead atoms. The van der Waals surface area contributed by atoms with Crippen molar-refractivity contribution in [1.82, 2.24) is 15.2 Å². The summed E-state index contributed by atoms with van der Waals surface area (Å²) in [5, 5.41) is 4.41. The second-order valence-electron chi connectivity index (χ2n) is 6.11. The molecule has 1 aromatic rings. The van der Waals surface area contributed by atoms with Crippen molar-refractivity contribution in [3.8, 4) is 0 Å². The van der Waals surface area contributed by atoms with E-state index in [1.54, 1.807) is 7.11 Å². The molecule has 3 heterocycles. The number of ether oxygens (including phenoxy) is 1. The molecule has 1 aromatic heterocycles. The third-order valence-electron chi connectivity index (χ3n) is 4.80. The number of nitrogens with one attached hydrogen (secondary N) is 1. The van der Waals surface area contributed by atoms with Gasteiger partial charge in [-0.1, -0.05) is 0 Å². The molecular formula is C15H26N4OS. The lowest BCUT2D eigenvalue weighted by molar-refractivity contribution is 0.181. The number of anilines is 1. The molecule has 21 heavy (non-hydrogen) atoms. The van der Waals surface area contributed by atoms with Gasteiger partial charge in [0.25, 0.3) is 0 Å². The lowest BCUT2D eigenvalue weighted by atomic mass is 10.1. The average Bonchev–Trinajstić information content (AvgIpc) is 2.93.